The summed E-state index contributed by atoms with van der Waals surface area (Å²) in [6, 6.07) is 7.75. The van der Waals surface area contributed by atoms with Gasteiger partial charge in [-0.05, 0) is 44.9 Å². The number of unbranched alkanes of at least 4 members (excludes halogenated alkanes) is 1. The van der Waals surface area contributed by atoms with Crippen LogP contribution >= 0.6 is 0 Å². The van der Waals surface area contributed by atoms with Gasteiger partial charge in [0.05, 0.1) is 6.61 Å². The molecule has 0 amide bonds. The topological polar surface area (TPSA) is 47.6 Å². The number of benzene rings is 1. The molecule has 1 aromatic rings. The number of nitrogens with one attached hydrogen (secondary N) is 1. The summed E-state index contributed by atoms with van der Waals surface area (Å²) in [5, 5.41) is 3.42. The first kappa shape index (κ1) is 17.5. The van der Waals surface area contributed by atoms with Crippen LogP contribution in [-0.2, 0) is 16.1 Å². The van der Waals surface area contributed by atoms with Crippen molar-refractivity contribution in [1.29, 1.82) is 0 Å². The molecular formula is C17H27NO3. The van der Waals surface area contributed by atoms with Crippen LogP contribution in [0.3, 0.4) is 0 Å². The van der Waals surface area contributed by atoms with Crippen LogP contribution in [0.25, 0.3) is 0 Å². The number of rotatable bonds is 8. The van der Waals surface area contributed by atoms with Gasteiger partial charge in [0.15, 0.2) is 6.61 Å². The molecule has 0 saturated carbocycles. The second-order valence-electron chi connectivity index (χ2n) is 6.11. The van der Waals surface area contributed by atoms with Crippen molar-refractivity contribution in [3.05, 3.63) is 29.8 Å². The van der Waals surface area contributed by atoms with Crippen LogP contribution in [0.2, 0.25) is 0 Å². The molecule has 1 N–H and O–H groups in total. The Morgan fingerprint density at radius 2 is 2.05 bits per heavy atom. The lowest BCUT2D eigenvalue weighted by atomic mass is 10.1. The maximum atomic E-state index is 11.5. The zero-order valence-electron chi connectivity index (χ0n) is 13.6. The third-order valence-electron chi connectivity index (χ3n) is 2.84. The Hall–Kier alpha value is -1.55. The van der Waals surface area contributed by atoms with Crippen LogP contribution in [0.1, 0.15) is 46.1 Å². The molecule has 0 saturated heterocycles. The van der Waals surface area contributed by atoms with Gasteiger partial charge in [0.2, 0.25) is 0 Å². The van der Waals surface area contributed by atoms with Crippen LogP contribution in [0.4, 0.5) is 0 Å². The number of carbonyl (C=O) groups excluding carboxylic acids is 1. The molecule has 0 atom stereocenters. The molecule has 0 radical (unpaired) electrons. The molecule has 0 bridgehead atoms. The van der Waals surface area contributed by atoms with E-state index in [0.717, 1.165) is 24.9 Å². The number of hydrogen-bond acceptors (Lipinski definition) is 4. The van der Waals surface area contributed by atoms with Gasteiger partial charge in [-0.1, -0.05) is 25.5 Å². The number of esters is 1. The van der Waals surface area contributed by atoms with Gasteiger partial charge in [-0.25, -0.2) is 4.79 Å². The largest absolute Gasteiger partial charge is 0.482 e. The van der Waals surface area contributed by atoms with E-state index >= 15 is 0 Å². The molecule has 4 heteroatoms. The summed E-state index contributed by atoms with van der Waals surface area (Å²) >= 11 is 0. The molecule has 0 unspecified atom stereocenters. The van der Waals surface area contributed by atoms with Crippen LogP contribution in [0.15, 0.2) is 24.3 Å². The summed E-state index contributed by atoms with van der Waals surface area (Å²) in [7, 11) is 0. The summed E-state index contributed by atoms with van der Waals surface area (Å²) in [5.41, 5.74) is 1.20. The van der Waals surface area contributed by atoms with Gasteiger partial charge >= 0.3 is 5.97 Å². The van der Waals surface area contributed by atoms with Crippen LogP contribution in [0.5, 0.6) is 5.75 Å². The van der Waals surface area contributed by atoms with Gasteiger partial charge in [0.25, 0.3) is 0 Å². The van der Waals surface area contributed by atoms with E-state index in [2.05, 4.69) is 33.0 Å². The van der Waals surface area contributed by atoms with E-state index in [1.54, 1.807) is 0 Å². The van der Waals surface area contributed by atoms with Crippen molar-refractivity contribution in [3.63, 3.8) is 0 Å². The Labute approximate surface area is 127 Å². The van der Waals surface area contributed by atoms with Crippen molar-refractivity contribution in [2.45, 2.75) is 52.6 Å². The molecule has 0 aromatic heterocycles. The molecule has 0 spiro atoms. The molecular weight excluding hydrogens is 266 g/mol. The van der Waals surface area contributed by atoms with Gasteiger partial charge in [-0.3, -0.25) is 0 Å². The molecule has 0 fully saturated rings. The monoisotopic (exact) mass is 293 g/mol. The van der Waals surface area contributed by atoms with E-state index in [1.165, 1.54) is 0 Å². The van der Waals surface area contributed by atoms with Crippen LogP contribution in [0, 0.1) is 0 Å². The second-order valence-corrected chi connectivity index (χ2v) is 6.11. The molecule has 21 heavy (non-hydrogen) atoms. The van der Waals surface area contributed by atoms with Crippen molar-refractivity contribution in [1.82, 2.24) is 5.32 Å². The summed E-state index contributed by atoms with van der Waals surface area (Å²) < 4.78 is 10.5. The van der Waals surface area contributed by atoms with Gasteiger partial charge < -0.3 is 14.8 Å². The van der Waals surface area contributed by atoms with Gasteiger partial charge in [0.1, 0.15) is 5.75 Å². The highest BCUT2D eigenvalue weighted by Gasteiger charge is 2.09. The Balaban J connectivity index is 2.40. The van der Waals surface area contributed by atoms with Crippen molar-refractivity contribution < 1.29 is 14.3 Å². The lowest BCUT2D eigenvalue weighted by molar-refractivity contribution is -0.146. The maximum absolute atomic E-state index is 11.5. The molecule has 0 aliphatic carbocycles. The molecule has 118 valence electrons. The third kappa shape index (κ3) is 8.35. The minimum Gasteiger partial charge on any atom is -0.482 e. The fourth-order valence-corrected chi connectivity index (χ4v) is 1.63. The maximum Gasteiger partial charge on any atom is 0.344 e. The molecule has 1 rings (SSSR count). The summed E-state index contributed by atoms with van der Waals surface area (Å²) in [4.78, 5) is 11.5. The Morgan fingerprint density at radius 1 is 1.29 bits per heavy atom. The first-order valence-corrected chi connectivity index (χ1v) is 7.53. The highest BCUT2D eigenvalue weighted by Crippen LogP contribution is 2.14. The van der Waals surface area contributed by atoms with E-state index in [-0.39, 0.29) is 18.1 Å². The lowest BCUT2D eigenvalue weighted by Gasteiger charge is -2.20. The number of ether oxygens (including phenoxy) is 2. The van der Waals surface area contributed by atoms with E-state index in [4.69, 9.17) is 9.47 Å². The smallest absolute Gasteiger partial charge is 0.344 e. The van der Waals surface area contributed by atoms with E-state index in [1.807, 2.05) is 24.3 Å². The summed E-state index contributed by atoms with van der Waals surface area (Å²) in [5.74, 6) is 0.373. The zero-order valence-corrected chi connectivity index (χ0v) is 13.6. The third-order valence-corrected chi connectivity index (χ3v) is 2.84. The van der Waals surface area contributed by atoms with Crippen molar-refractivity contribution in [2.24, 2.45) is 0 Å². The predicted octanol–water partition coefficient (Wildman–Crippen LogP) is 3.30. The summed E-state index contributed by atoms with van der Waals surface area (Å²) in [6.07, 6.45) is 1.90. The number of carbonyl (C=O) groups is 1. The minimum absolute atomic E-state index is 0.0418. The minimum atomic E-state index is -0.318. The first-order chi connectivity index (χ1) is 9.90. The molecule has 1 aromatic carbocycles. The summed E-state index contributed by atoms with van der Waals surface area (Å²) in [6.45, 7) is 9.62. The average Bonchev–Trinajstić information content (AvgIpc) is 2.43. The fourth-order valence-electron chi connectivity index (χ4n) is 1.63. The first-order valence-electron chi connectivity index (χ1n) is 7.53. The van der Waals surface area contributed by atoms with Crippen molar-refractivity contribution >= 4 is 5.97 Å². The Bertz CT molecular complexity index is 438. The van der Waals surface area contributed by atoms with E-state index in [0.29, 0.717) is 12.4 Å². The Kier molecular flexibility index (Phi) is 7.23. The van der Waals surface area contributed by atoms with Crippen LogP contribution < -0.4 is 10.1 Å². The highest BCUT2D eigenvalue weighted by molar-refractivity contribution is 5.71. The van der Waals surface area contributed by atoms with Crippen LogP contribution in [-0.4, -0.2) is 24.7 Å². The zero-order chi connectivity index (χ0) is 15.7. The average molecular weight is 293 g/mol. The molecule has 0 aliphatic heterocycles. The second kappa shape index (κ2) is 8.67. The normalized spacial score (nSPS) is 11.2. The van der Waals surface area contributed by atoms with Gasteiger partial charge in [0, 0.05) is 12.1 Å². The number of hydrogen-bond donors (Lipinski definition) is 1. The standard InChI is InChI=1S/C17H27NO3/c1-5-6-10-20-16(19)13-21-15-9-7-8-14(11-15)12-18-17(2,3)4/h7-9,11,18H,5-6,10,12-13H2,1-4H3. The molecule has 0 aliphatic rings. The van der Waals surface area contributed by atoms with Gasteiger partial charge in [-0.15, -0.1) is 0 Å². The molecule has 0 heterocycles. The fraction of sp³-hybridized carbons (Fsp3) is 0.588. The van der Waals surface area contributed by atoms with Gasteiger partial charge in [-0.2, -0.15) is 0 Å². The van der Waals surface area contributed by atoms with Crippen molar-refractivity contribution in [2.75, 3.05) is 13.2 Å². The predicted molar refractivity (Wildman–Crippen MR) is 84.4 cm³/mol. The van der Waals surface area contributed by atoms with E-state index in [9.17, 15) is 4.79 Å². The van der Waals surface area contributed by atoms with Crippen molar-refractivity contribution in [3.8, 4) is 5.75 Å². The highest BCUT2D eigenvalue weighted by atomic mass is 16.6. The SMILES string of the molecule is CCCCOC(=O)COc1cccc(CNC(C)(C)C)c1. The van der Waals surface area contributed by atoms with E-state index < -0.39 is 0 Å². The lowest BCUT2D eigenvalue weighted by Crippen LogP contribution is -2.35. The quantitative estimate of drug-likeness (QED) is 0.590. The Morgan fingerprint density at radius 3 is 2.71 bits per heavy atom. The molecule has 4 nitrogen and oxygen atoms in total.